The molecule has 1 saturated heterocycles. The highest BCUT2D eigenvalue weighted by Gasteiger charge is 2.27. The van der Waals surface area contributed by atoms with Crippen molar-refractivity contribution >= 4 is 44.8 Å². The number of amides is 1. The fourth-order valence-electron chi connectivity index (χ4n) is 2.21. The summed E-state index contributed by atoms with van der Waals surface area (Å²) in [5, 5.41) is 0.770. The number of carbonyl (C=O) groups excluding carboxylic acids is 1. The number of carbonyl (C=O) groups is 1. The van der Waals surface area contributed by atoms with Gasteiger partial charge in [0.05, 0.1) is 29.7 Å². The molecule has 0 aliphatic carbocycles. The number of rotatable bonds is 2. The number of aliphatic imine (C=N–C) groups is 1. The second-order valence-corrected chi connectivity index (χ2v) is 6.67. The van der Waals surface area contributed by atoms with Crippen LogP contribution in [-0.4, -0.2) is 49.4 Å². The summed E-state index contributed by atoms with van der Waals surface area (Å²) < 4.78 is 11.4. The van der Waals surface area contributed by atoms with Crippen molar-refractivity contribution in [1.82, 2.24) is 4.90 Å². The fourth-order valence-corrected chi connectivity index (χ4v) is 3.73. The van der Waals surface area contributed by atoms with Crippen LogP contribution in [-0.2, 0) is 9.53 Å². The maximum Gasteiger partial charge on any atom is 0.286 e. The number of thioether (sulfide) groups is 1. The van der Waals surface area contributed by atoms with Crippen molar-refractivity contribution in [2.24, 2.45) is 4.99 Å². The minimum Gasteiger partial charge on any atom is -0.496 e. The second kappa shape index (κ2) is 6.85. The van der Waals surface area contributed by atoms with Crippen molar-refractivity contribution in [1.29, 1.82) is 0 Å². The van der Waals surface area contributed by atoms with Crippen LogP contribution in [0.5, 0.6) is 5.75 Å². The molecule has 0 bridgehead atoms. The Labute approximate surface area is 141 Å². The molecule has 1 amide bonds. The maximum atomic E-state index is 12.1. The van der Waals surface area contributed by atoms with Gasteiger partial charge in [0.1, 0.15) is 5.75 Å². The van der Waals surface area contributed by atoms with E-state index in [2.05, 4.69) is 25.8 Å². The van der Waals surface area contributed by atoms with Gasteiger partial charge < -0.3 is 14.4 Å². The predicted molar refractivity (Wildman–Crippen MR) is 91.1 cm³/mol. The Bertz CT molecular complexity index is 654. The topological polar surface area (TPSA) is 51.1 Å². The van der Waals surface area contributed by atoms with Crippen molar-refractivity contribution in [2.45, 2.75) is 0 Å². The number of morpholine rings is 1. The Morgan fingerprint density at radius 1 is 1.41 bits per heavy atom. The molecule has 0 spiro atoms. The average Bonchev–Trinajstić information content (AvgIpc) is 2.89. The third kappa shape index (κ3) is 3.37. The second-order valence-electron chi connectivity index (χ2n) is 4.80. The third-order valence-corrected chi connectivity index (χ3v) is 5.03. The molecule has 22 heavy (non-hydrogen) atoms. The van der Waals surface area contributed by atoms with Gasteiger partial charge in [-0.15, -0.1) is 0 Å². The van der Waals surface area contributed by atoms with Gasteiger partial charge in [0, 0.05) is 13.1 Å². The quantitative estimate of drug-likeness (QED) is 0.736. The fraction of sp³-hybridized carbons (Fsp3) is 0.333. The minimum absolute atomic E-state index is 0.182. The number of hydrogen-bond acceptors (Lipinski definition) is 5. The van der Waals surface area contributed by atoms with E-state index >= 15 is 0 Å². The SMILES string of the molecule is COc1ccc(/C=C2/SC(N3CCOCC3)=NC2=O)cc1Br. The molecule has 7 heteroatoms. The molecule has 0 N–H and O–H groups in total. The van der Waals surface area contributed by atoms with E-state index in [4.69, 9.17) is 9.47 Å². The number of amidine groups is 1. The Morgan fingerprint density at radius 3 is 2.86 bits per heavy atom. The van der Waals surface area contributed by atoms with Gasteiger partial charge in [-0.2, -0.15) is 4.99 Å². The Kier molecular flexibility index (Phi) is 4.85. The molecule has 2 aliphatic heterocycles. The Balaban J connectivity index is 1.76. The monoisotopic (exact) mass is 382 g/mol. The summed E-state index contributed by atoms with van der Waals surface area (Å²) in [5.41, 5.74) is 0.932. The number of ether oxygens (including phenoxy) is 2. The van der Waals surface area contributed by atoms with Gasteiger partial charge in [-0.25, -0.2) is 0 Å². The first-order chi connectivity index (χ1) is 10.7. The molecule has 3 rings (SSSR count). The molecule has 0 atom stereocenters. The van der Waals surface area contributed by atoms with E-state index in [1.165, 1.54) is 11.8 Å². The van der Waals surface area contributed by atoms with Crippen LogP contribution < -0.4 is 4.74 Å². The summed E-state index contributed by atoms with van der Waals surface area (Å²) in [6, 6.07) is 5.70. The highest BCUT2D eigenvalue weighted by Crippen LogP contribution is 2.32. The van der Waals surface area contributed by atoms with Gasteiger partial charge in [-0.05, 0) is 51.5 Å². The van der Waals surface area contributed by atoms with Gasteiger partial charge in [-0.1, -0.05) is 6.07 Å². The minimum atomic E-state index is -0.182. The highest BCUT2D eigenvalue weighted by atomic mass is 79.9. The molecule has 0 unspecified atom stereocenters. The zero-order chi connectivity index (χ0) is 15.5. The lowest BCUT2D eigenvalue weighted by Gasteiger charge is -2.27. The van der Waals surface area contributed by atoms with Gasteiger partial charge in [0.25, 0.3) is 5.91 Å². The summed E-state index contributed by atoms with van der Waals surface area (Å²) in [6.45, 7) is 2.91. The van der Waals surface area contributed by atoms with E-state index in [1.807, 2.05) is 24.3 Å². The molecule has 2 heterocycles. The third-order valence-electron chi connectivity index (χ3n) is 3.36. The van der Waals surface area contributed by atoms with Gasteiger partial charge in [-0.3, -0.25) is 4.79 Å². The van der Waals surface area contributed by atoms with Crippen LogP contribution in [0.25, 0.3) is 6.08 Å². The summed E-state index contributed by atoms with van der Waals surface area (Å²) >= 11 is 4.87. The van der Waals surface area contributed by atoms with E-state index < -0.39 is 0 Å². The number of nitrogens with zero attached hydrogens (tertiary/aromatic N) is 2. The van der Waals surface area contributed by atoms with Crippen molar-refractivity contribution < 1.29 is 14.3 Å². The molecule has 0 radical (unpaired) electrons. The van der Waals surface area contributed by atoms with Crippen molar-refractivity contribution in [3.8, 4) is 5.75 Å². The number of benzene rings is 1. The molecular weight excluding hydrogens is 368 g/mol. The van der Waals surface area contributed by atoms with Crippen LogP contribution in [0, 0.1) is 0 Å². The molecular formula is C15H15BrN2O3S. The summed E-state index contributed by atoms with van der Waals surface area (Å²) in [5.74, 6) is 0.580. The van der Waals surface area contributed by atoms with Crippen LogP contribution in [0.1, 0.15) is 5.56 Å². The van der Waals surface area contributed by atoms with E-state index in [0.29, 0.717) is 18.1 Å². The van der Waals surface area contributed by atoms with E-state index in [9.17, 15) is 4.79 Å². The Morgan fingerprint density at radius 2 is 2.18 bits per heavy atom. The largest absolute Gasteiger partial charge is 0.496 e. The zero-order valence-corrected chi connectivity index (χ0v) is 14.4. The summed E-state index contributed by atoms with van der Waals surface area (Å²) in [6.07, 6.45) is 1.86. The number of halogens is 1. The number of methoxy groups -OCH3 is 1. The lowest BCUT2D eigenvalue weighted by atomic mass is 10.2. The standard InChI is InChI=1S/C15H15BrN2O3S/c1-20-12-3-2-10(8-11(12)16)9-13-14(19)17-15(22-13)18-4-6-21-7-5-18/h2-3,8-9H,4-7H2,1H3/b13-9+. The van der Waals surface area contributed by atoms with E-state index in [1.54, 1.807) is 7.11 Å². The van der Waals surface area contributed by atoms with Crippen molar-refractivity contribution in [3.63, 3.8) is 0 Å². The first kappa shape index (κ1) is 15.6. The van der Waals surface area contributed by atoms with Crippen LogP contribution in [0.3, 0.4) is 0 Å². The number of hydrogen-bond donors (Lipinski definition) is 0. The maximum absolute atomic E-state index is 12.1. The molecule has 5 nitrogen and oxygen atoms in total. The smallest absolute Gasteiger partial charge is 0.286 e. The van der Waals surface area contributed by atoms with Crippen LogP contribution >= 0.6 is 27.7 Å². The van der Waals surface area contributed by atoms with Gasteiger partial charge in [0.15, 0.2) is 5.17 Å². The normalized spacial score (nSPS) is 20.5. The molecule has 1 aromatic carbocycles. The lowest BCUT2D eigenvalue weighted by molar-refractivity contribution is -0.113. The van der Waals surface area contributed by atoms with Gasteiger partial charge >= 0.3 is 0 Å². The highest BCUT2D eigenvalue weighted by molar-refractivity contribution is 9.10. The zero-order valence-electron chi connectivity index (χ0n) is 12.0. The van der Waals surface area contributed by atoms with Crippen molar-refractivity contribution in [2.75, 3.05) is 33.4 Å². The molecule has 1 fully saturated rings. The molecule has 116 valence electrons. The Hall–Kier alpha value is -1.31. The molecule has 1 aromatic rings. The summed E-state index contributed by atoms with van der Waals surface area (Å²) in [7, 11) is 1.62. The molecule has 0 saturated carbocycles. The first-order valence-electron chi connectivity index (χ1n) is 6.86. The average molecular weight is 383 g/mol. The lowest BCUT2D eigenvalue weighted by Crippen LogP contribution is -2.38. The predicted octanol–water partition coefficient (Wildman–Crippen LogP) is 2.76. The van der Waals surface area contributed by atoms with E-state index in [0.717, 1.165) is 34.0 Å². The van der Waals surface area contributed by atoms with E-state index in [-0.39, 0.29) is 5.91 Å². The molecule has 2 aliphatic rings. The first-order valence-corrected chi connectivity index (χ1v) is 8.47. The van der Waals surface area contributed by atoms with Crippen LogP contribution in [0.15, 0.2) is 32.6 Å². The van der Waals surface area contributed by atoms with Crippen molar-refractivity contribution in [3.05, 3.63) is 33.1 Å². The van der Waals surface area contributed by atoms with Crippen LogP contribution in [0.4, 0.5) is 0 Å². The van der Waals surface area contributed by atoms with Crippen LogP contribution in [0.2, 0.25) is 0 Å². The van der Waals surface area contributed by atoms with Gasteiger partial charge in [0.2, 0.25) is 0 Å². The molecule has 0 aromatic heterocycles. The summed E-state index contributed by atoms with van der Waals surface area (Å²) in [4.78, 5) is 19.0.